The predicted molar refractivity (Wildman–Crippen MR) is 124 cm³/mol. The molecule has 1 saturated heterocycles. The molecule has 1 aromatic carbocycles. The van der Waals surface area contributed by atoms with Crippen LogP contribution in [0.2, 0.25) is 0 Å². The first kappa shape index (κ1) is 22.6. The van der Waals surface area contributed by atoms with Gasteiger partial charge in [0.25, 0.3) is 0 Å². The van der Waals surface area contributed by atoms with E-state index in [0.717, 1.165) is 4.88 Å². The molecule has 0 saturated carbocycles. The lowest BCUT2D eigenvalue weighted by molar-refractivity contribution is -0.122. The molecule has 2 N–H and O–H groups in total. The third kappa shape index (κ3) is 4.77. The molecule has 0 unspecified atom stereocenters. The Morgan fingerprint density at radius 2 is 2.00 bits per heavy atom. The number of hydrogen-bond acceptors (Lipinski definition) is 7. The number of aromatic amines is 1. The van der Waals surface area contributed by atoms with Gasteiger partial charge in [-0.1, -0.05) is 6.07 Å². The Morgan fingerprint density at radius 1 is 1.28 bits per heavy atom. The van der Waals surface area contributed by atoms with E-state index in [4.69, 9.17) is 17.0 Å². The lowest BCUT2D eigenvalue weighted by atomic mass is 10.1. The van der Waals surface area contributed by atoms with Crippen molar-refractivity contribution in [3.8, 4) is 16.5 Å². The van der Waals surface area contributed by atoms with Crippen LogP contribution in [0, 0.1) is 4.77 Å². The minimum Gasteiger partial charge on any atom is -0.497 e. The van der Waals surface area contributed by atoms with Gasteiger partial charge in [0.05, 0.1) is 16.9 Å². The molecule has 1 aliphatic heterocycles. The Balaban J connectivity index is 1.35. The molecular formula is C20H23N5O4S3. The Morgan fingerprint density at radius 3 is 2.62 bits per heavy atom. The number of piperidine rings is 1. The summed E-state index contributed by atoms with van der Waals surface area (Å²) in [5.74, 6) is 1.04. The summed E-state index contributed by atoms with van der Waals surface area (Å²) >= 11 is 6.79. The van der Waals surface area contributed by atoms with Crippen LogP contribution in [-0.2, 0) is 21.4 Å². The Kier molecular flexibility index (Phi) is 6.74. The maximum Gasteiger partial charge on any atom is 0.243 e. The molecule has 9 nitrogen and oxygen atoms in total. The number of sulfonamides is 1. The first-order chi connectivity index (χ1) is 15.4. The molecule has 1 amide bonds. The van der Waals surface area contributed by atoms with E-state index < -0.39 is 10.0 Å². The first-order valence-corrected chi connectivity index (χ1v) is 12.7. The number of aromatic nitrogens is 3. The van der Waals surface area contributed by atoms with E-state index in [1.54, 1.807) is 28.8 Å². The molecule has 1 fully saturated rings. The highest BCUT2D eigenvalue weighted by molar-refractivity contribution is 7.89. The minimum atomic E-state index is -3.58. The molecule has 4 rings (SSSR count). The molecule has 1 aliphatic rings. The van der Waals surface area contributed by atoms with Crippen molar-refractivity contribution in [3.05, 3.63) is 46.5 Å². The summed E-state index contributed by atoms with van der Waals surface area (Å²) in [6.45, 7) is 0.725. The van der Waals surface area contributed by atoms with Crippen molar-refractivity contribution in [3.63, 3.8) is 0 Å². The quantitative estimate of drug-likeness (QED) is 0.490. The number of rotatable bonds is 7. The SMILES string of the molecule is COc1ccc(S(=O)(=O)N2CCC(NC(=O)Cn3c(-c4cccs4)n[nH]c3=S)CC2)cc1. The smallest absolute Gasteiger partial charge is 0.243 e. The van der Waals surface area contributed by atoms with Gasteiger partial charge < -0.3 is 10.1 Å². The van der Waals surface area contributed by atoms with Crippen LogP contribution in [0.3, 0.4) is 0 Å². The van der Waals surface area contributed by atoms with Crippen LogP contribution in [0.5, 0.6) is 5.75 Å². The number of thiophene rings is 1. The summed E-state index contributed by atoms with van der Waals surface area (Å²) in [6, 6.07) is 10.1. The van der Waals surface area contributed by atoms with E-state index in [-0.39, 0.29) is 23.4 Å². The van der Waals surface area contributed by atoms with E-state index in [2.05, 4.69) is 15.5 Å². The monoisotopic (exact) mass is 493 g/mol. The maximum atomic E-state index is 12.9. The van der Waals surface area contributed by atoms with E-state index >= 15 is 0 Å². The van der Waals surface area contributed by atoms with Gasteiger partial charge in [-0.25, -0.2) is 8.42 Å². The third-order valence-corrected chi connectivity index (χ3v) is 8.41. The fourth-order valence-electron chi connectivity index (χ4n) is 3.61. The standard InChI is InChI=1S/C20H23N5O4S3/c1-29-15-4-6-16(7-5-15)32(27,28)24-10-8-14(9-11-24)21-18(26)13-25-19(22-23-20(25)30)17-3-2-12-31-17/h2-7,12,14H,8-11,13H2,1H3,(H,21,26)(H,23,30). The van der Waals surface area contributed by atoms with Crippen LogP contribution in [0.25, 0.3) is 10.7 Å². The lowest BCUT2D eigenvalue weighted by Gasteiger charge is -2.31. The van der Waals surface area contributed by atoms with Crippen molar-refractivity contribution >= 4 is 39.5 Å². The summed E-state index contributed by atoms with van der Waals surface area (Å²) < 4.78 is 34.4. The molecule has 0 radical (unpaired) electrons. The number of nitrogens with zero attached hydrogens (tertiary/aromatic N) is 3. The first-order valence-electron chi connectivity index (χ1n) is 10.0. The summed E-state index contributed by atoms with van der Waals surface area (Å²) in [5, 5.41) is 11.9. The molecule has 0 spiro atoms. The summed E-state index contributed by atoms with van der Waals surface area (Å²) in [7, 11) is -2.05. The van der Waals surface area contributed by atoms with Crippen molar-refractivity contribution in [1.29, 1.82) is 0 Å². The van der Waals surface area contributed by atoms with Crippen molar-refractivity contribution in [2.45, 2.75) is 30.3 Å². The molecule has 32 heavy (non-hydrogen) atoms. The molecule has 2 aromatic heterocycles. The van der Waals surface area contributed by atoms with E-state index in [0.29, 0.717) is 42.3 Å². The fraction of sp³-hybridized carbons (Fsp3) is 0.350. The average molecular weight is 494 g/mol. The molecule has 3 heterocycles. The molecule has 170 valence electrons. The van der Waals surface area contributed by atoms with Crippen LogP contribution in [0.4, 0.5) is 0 Å². The predicted octanol–water partition coefficient (Wildman–Crippen LogP) is 2.65. The van der Waals surface area contributed by atoms with Gasteiger partial charge >= 0.3 is 0 Å². The van der Waals surface area contributed by atoms with Crippen molar-refractivity contribution in [2.24, 2.45) is 0 Å². The second-order valence-electron chi connectivity index (χ2n) is 7.34. The zero-order valence-electron chi connectivity index (χ0n) is 17.4. The number of hydrogen-bond donors (Lipinski definition) is 2. The van der Waals surface area contributed by atoms with Gasteiger partial charge in [0.1, 0.15) is 12.3 Å². The number of H-pyrrole nitrogens is 1. The highest BCUT2D eigenvalue weighted by atomic mass is 32.2. The summed E-state index contributed by atoms with van der Waals surface area (Å²) in [4.78, 5) is 13.8. The van der Waals surface area contributed by atoms with Crippen molar-refractivity contribution < 1.29 is 17.9 Å². The van der Waals surface area contributed by atoms with Crippen LogP contribution >= 0.6 is 23.6 Å². The topological polar surface area (TPSA) is 109 Å². The number of ether oxygens (including phenoxy) is 1. The largest absolute Gasteiger partial charge is 0.497 e. The average Bonchev–Trinajstić information content (AvgIpc) is 3.44. The van der Waals surface area contributed by atoms with Crippen molar-refractivity contribution in [2.75, 3.05) is 20.2 Å². The number of amides is 1. The van der Waals surface area contributed by atoms with E-state index in [9.17, 15) is 13.2 Å². The van der Waals surface area contributed by atoms with E-state index in [1.807, 2.05) is 17.5 Å². The Labute approximate surface area is 195 Å². The van der Waals surface area contributed by atoms with Gasteiger partial charge in [0.2, 0.25) is 15.9 Å². The zero-order valence-corrected chi connectivity index (χ0v) is 19.8. The van der Waals surface area contributed by atoms with Gasteiger partial charge in [-0.2, -0.15) is 9.40 Å². The van der Waals surface area contributed by atoms with Crippen LogP contribution < -0.4 is 10.1 Å². The zero-order chi connectivity index (χ0) is 22.7. The highest BCUT2D eigenvalue weighted by Gasteiger charge is 2.30. The summed E-state index contributed by atoms with van der Waals surface area (Å²) in [6.07, 6.45) is 1.07. The number of benzene rings is 1. The normalized spacial score (nSPS) is 15.5. The minimum absolute atomic E-state index is 0.0485. The number of methoxy groups -OCH3 is 1. The van der Waals surface area contributed by atoms with Gasteiger partial charge in [-0.3, -0.25) is 14.5 Å². The van der Waals surface area contributed by atoms with Crippen molar-refractivity contribution in [1.82, 2.24) is 24.4 Å². The van der Waals surface area contributed by atoms with Gasteiger partial charge in [0.15, 0.2) is 10.6 Å². The number of carbonyl (C=O) groups excluding carboxylic acids is 1. The van der Waals surface area contributed by atoms with Crippen LogP contribution in [-0.4, -0.2) is 59.6 Å². The second kappa shape index (κ2) is 9.53. The molecular weight excluding hydrogens is 470 g/mol. The van der Waals surface area contributed by atoms with Gasteiger partial charge in [-0.15, -0.1) is 11.3 Å². The maximum absolute atomic E-state index is 12.9. The van der Waals surface area contributed by atoms with Gasteiger partial charge in [0, 0.05) is 19.1 Å². The number of carbonyl (C=O) groups is 1. The van der Waals surface area contributed by atoms with Crippen LogP contribution in [0.1, 0.15) is 12.8 Å². The lowest BCUT2D eigenvalue weighted by Crippen LogP contribution is -2.47. The van der Waals surface area contributed by atoms with E-state index in [1.165, 1.54) is 22.8 Å². The molecule has 0 bridgehead atoms. The Hall–Kier alpha value is -2.54. The van der Waals surface area contributed by atoms with Gasteiger partial charge in [-0.05, 0) is 60.8 Å². The molecule has 0 aliphatic carbocycles. The van der Waals surface area contributed by atoms with Crippen LogP contribution in [0.15, 0.2) is 46.7 Å². The summed E-state index contributed by atoms with van der Waals surface area (Å²) in [5.41, 5.74) is 0. The molecule has 12 heteroatoms. The molecule has 3 aromatic rings. The highest BCUT2D eigenvalue weighted by Crippen LogP contribution is 2.24. The number of nitrogens with one attached hydrogen (secondary N) is 2. The molecule has 0 atom stereocenters. The second-order valence-corrected chi connectivity index (χ2v) is 10.6. The Bertz CT molecular complexity index is 1230. The third-order valence-electron chi connectivity index (χ3n) is 5.32. The fourth-order valence-corrected chi connectivity index (χ4v) is 6.00.